The SMILES string of the molecule is CCn1nccc1CNC(CC(C)C)C(=O)NC. The van der Waals surface area contributed by atoms with Gasteiger partial charge in [0.25, 0.3) is 0 Å². The average molecular weight is 252 g/mol. The normalized spacial score (nSPS) is 12.7. The van der Waals surface area contributed by atoms with E-state index in [-0.39, 0.29) is 11.9 Å². The number of nitrogens with zero attached hydrogens (tertiary/aromatic N) is 2. The molecule has 1 atom stereocenters. The summed E-state index contributed by atoms with van der Waals surface area (Å²) in [4.78, 5) is 11.8. The molecule has 0 fully saturated rings. The molecule has 5 nitrogen and oxygen atoms in total. The summed E-state index contributed by atoms with van der Waals surface area (Å²) in [6.45, 7) is 7.81. The fourth-order valence-corrected chi connectivity index (χ4v) is 1.95. The van der Waals surface area contributed by atoms with Crippen LogP contribution in [0.25, 0.3) is 0 Å². The van der Waals surface area contributed by atoms with Crippen molar-refractivity contribution < 1.29 is 4.79 Å². The standard InChI is InChI=1S/C13H24N4O/c1-5-17-11(6-7-16-17)9-15-12(8-10(2)3)13(18)14-4/h6-7,10,12,15H,5,8-9H2,1-4H3,(H,14,18). The van der Waals surface area contributed by atoms with E-state index < -0.39 is 0 Å². The minimum absolute atomic E-state index is 0.0475. The van der Waals surface area contributed by atoms with Crippen molar-refractivity contribution in [3.63, 3.8) is 0 Å². The van der Waals surface area contributed by atoms with Gasteiger partial charge in [-0.1, -0.05) is 13.8 Å². The Labute approximate surface area is 109 Å². The highest BCUT2D eigenvalue weighted by Gasteiger charge is 2.18. The number of rotatable bonds is 7. The molecule has 5 heteroatoms. The highest BCUT2D eigenvalue weighted by atomic mass is 16.2. The summed E-state index contributed by atoms with van der Waals surface area (Å²) in [6.07, 6.45) is 2.62. The van der Waals surface area contributed by atoms with E-state index in [0.29, 0.717) is 12.5 Å². The van der Waals surface area contributed by atoms with Crippen molar-refractivity contribution in [2.75, 3.05) is 7.05 Å². The lowest BCUT2D eigenvalue weighted by atomic mass is 10.0. The number of hydrogen-bond acceptors (Lipinski definition) is 3. The van der Waals surface area contributed by atoms with Crippen molar-refractivity contribution in [2.45, 2.75) is 46.3 Å². The fourth-order valence-electron chi connectivity index (χ4n) is 1.95. The van der Waals surface area contributed by atoms with Crippen LogP contribution >= 0.6 is 0 Å². The van der Waals surface area contributed by atoms with Crippen molar-refractivity contribution in [2.24, 2.45) is 5.92 Å². The largest absolute Gasteiger partial charge is 0.358 e. The topological polar surface area (TPSA) is 59.0 Å². The zero-order valence-electron chi connectivity index (χ0n) is 11.7. The van der Waals surface area contributed by atoms with Gasteiger partial charge < -0.3 is 10.6 Å². The van der Waals surface area contributed by atoms with Crippen LogP contribution in [-0.2, 0) is 17.9 Å². The summed E-state index contributed by atoms with van der Waals surface area (Å²) >= 11 is 0. The van der Waals surface area contributed by atoms with Gasteiger partial charge in [-0.3, -0.25) is 9.48 Å². The summed E-state index contributed by atoms with van der Waals surface area (Å²) in [5.74, 6) is 0.530. The summed E-state index contributed by atoms with van der Waals surface area (Å²) in [5.41, 5.74) is 1.11. The molecule has 2 N–H and O–H groups in total. The van der Waals surface area contributed by atoms with Crippen LogP contribution in [0.3, 0.4) is 0 Å². The zero-order valence-corrected chi connectivity index (χ0v) is 11.7. The third-order valence-corrected chi connectivity index (χ3v) is 2.90. The second-order valence-corrected chi connectivity index (χ2v) is 4.82. The lowest BCUT2D eigenvalue weighted by Crippen LogP contribution is -2.43. The summed E-state index contributed by atoms with van der Waals surface area (Å²) in [6, 6.07) is 1.84. The molecule has 0 saturated carbocycles. The molecule has 18 heavy (non-hydrogen) atoms. The molecule has 1 aromatic heterocycles. The number of aromatic nitrogens is 2. The van der Waals surface area contributed by atoms with E-state index in [1.165, 1.54) is 0 Å². The van der Waals surface area contributed by atoms with Gasteiger partial charge in [0.05, 0.1) is 11.7 Å². The number of carbonyl (C=O) groups excluding carboxylic acids is 1. The Kier molecular flexibility index (Phi) is 5.85. The van der Waals surface area contributed by atoms with Crippen molar-refractivity contribution in [1.29, 1.82) is 0 Å². The number of aryl methyl sites for hydroxylation is 1. The first-order valence-electron chi connectivity index (χ1n) is 6.54. The van der Waals surface area contributed by atoms with E-state index in [1.54, 1.807) is 13.2 Å². The third kappa shape index (κ3) is 4.14. The molecule has 0 saturated heterocycles. The van der Waals surface area contributed by atoms with Gasteiger partial charge in [-0.05, 0) is 25.3 Å². The van der Waals surface area contributed by atoms with Gasteiger partial charge in [0, 0.05) is 26.3 Å². The number of carbonyl (C=O) groups is 1. The molecular formula is C13H24N4O. The van der Waals surface area contributed by atoms with E-state index in [1.807, 2.05) is 10.7 Å². The van der Waals surface area contributed by atoms with Gasteiger partial charge >= 0.3 is 0 Å². The molecule has 1 rings (SSSR count). The van der Waals surface area contributed by atoms with Crippen LogP contribution in [0, 0.1) is 5.92 Å². The van der Waals surface area contributed by atoms with Gasteiger partial charge in [-0.2, -0.15) is 5.10 Å². The van der Waals surface area contributed by atoms with Crippen LogP contribution in [0.2, 0.25) is 0 Å². The molecular weight excluding hydrogens is 228 g/mol. The molecule has 0 aliphatic heterocycles. The molecule has 1 heterocycles. The molecule has 0 spiro atoms. The van der Waals surface area contributed by atoms with Crippen LogP contribution in [0.15, 0.2) is 12.3 Å². The molecule has 0 aliphatic rings. The van der Waals surface area contributed by atoms with Gasteiger partial charge in [0.2, 0.25) is 5.91 Å². The minimum atomic E-state index is -0.143. The summed E-state index contributed by atoms with van der Waals surface area (Å²) in [7, 11) is 1.67. The Balaban J connectivity index is 2.58. The predicted octanol–water partition coefficient (Wildman–Crippen LogP) is 1.15. The summed E-state index contributed by atoms with van der Waals surface area (Å²) in [5, 5.41) is 10.2. The molecule has 1 unspecified atom stereocenters. The fraction of sp³-hybridized carbons (Fsp3) is 0.692. The van der Waals surface area contributed by atoms with E-state index in [2.05, 4.69) is 36.5 Å². The Morgan fingerprint density at radius 1 is 1.50 bits per heavy atom. The Bertz CT molecular complexity index is 373. The third-order valence-electron chi connectivity index (χ3n) is 2.90. The van der Waals surface area contributed by atoms with Gasteiger partial charge in [0.1, 0.15) is 0 Å². The lowest BCUT2D eigenvalue weighted by Gasteiger charge is -2.19. The molecule has 0 bridgehead atoms. The molecule has 0 aliphatic carbocycles. The first-order chi connectivity index (χ1) is 8.58. The monoisotopic (exact) mass is 252 g/mol. The molecule has 1 amide bonds. The Hall–Kier alpha value is -1.36. The molecule has 102 valence electrons. The first kappa shape index (κ1) is 14.7. The highest BCUT2D eigenvalue weighted by molar-refractivity contribution is 5.81. The predicted molar refractivity (Wildman–Crippen MR) is 72.1 cm³/mol. The number of amides is 1. The lowest BCUT2D eigenvalue weighted by molar-refractivity contribution is -0.123. The van der Waals surface area contributed by atoms with Crippen molar-refractivity contribution in [3.05, 3.63) is 18.0 Å². The number of nitrogens with one attached hydrogen (secondary N) is 2. The van der Waals surface area contributed by atoms with E-state index in [0.717, 1.165) is 18.7 Å². The first-order valence-corrected chi connectivity index (χ1v) is 6.54. The van der Waals surface area contributed by atoms with Crippen LogP contribution in [0.1, 0.15) is 32.9 Å². The maximum atomic E-state index is 11.8. The molecule has 0 aromatic carbocycles. The summed E-state index contributed by atoms with van der Waals surface area (Å²) < 4.78 is 1.93. The van der Waals surface area contributed by atoms with Crippen molar-refractivity contribution >= 4 is 5.91 Å². The van der Waals surface area contributed by atoms with Crippen LogP contribution < -0.4 is 10.6 Å². The maximum absolute atomic E-state index is 11.8. The number of hydrogen-bond donors (Lipinski definition) is 2. The quantitative estimate of drug-likeness (QED) is 0.765. The van der Waals surface area contributed by atoms with Crippen LogP contribution in [0.5, 0.6) is 0 Å². The maximum Gasteiger partial charge on any atom is 0.236 e. The van der Waals surface area contributed by atoms with Crippen molar-refractivity contribution in [1.82, 2.24) is 20.4 Å². The smallest absolute Gasteiger partial charge is 0.236 e. The van der Waals surface area contributed by atoms with Gasteiger partial charge in [-0.25, -0.2) is 0 Å². The van der Waals surface area contributed by atoms with Crippen molar-refractivity contribution in [3.8, 4) is 0 Å². The minimum Gasteiger partial charge on any atom is -0.358 e. The second-order valence-electron chi connectivity index (χ2n) is 4.82. The zero-order chi connectivity index (χ0) is 13.5. The van der Waals surface area contributed by atoms with Crippen LogP contribution in [0.4, 0.5) is 0 Å². The Morgan fingerprint density at radius 2 is 2.22 bits per heavy atom. The van der Waals surface area contributed by atoms with E-state index in [9.17, 15) is 4.79 Å². The van der Waals surface area contributed by atoms with Gasteiger partial charge in [0.15, 0.2) is 0 Å². The molecule has 1 aromatic rings. The van der Waals surface area contributed by atoms with E-state index in [4.69, 9.17) is 0 Å². The van der Waals surface area contributed by atoms with Gasteiger partial charge in [-0.15, -0.1) is 0 Å². The average Bonchev–Trinajstić information content (AvgIpc) is 2.80. The van der Waals surface area contributed by atoms with Crippen LogP contribution in [-0.4, -0.2) is 28.8 Å². The second kappa shape index (κ2) is 7.16. The highest BCUT2D eigenvalue weighted by Crippen LogP contribution is 2.06. The molecule has 0 radical (unpaired) electrons. The number of likely N-dealkylation sites (N-methyl/N-ethyl adjacent to an activating group) is 1. The Morgan fingerprint density at radius 3 is 2.78 bits per heavy atom. The van der Waals surface area contributed by atoms with E-state index >= 15 is 0 Å².